The summed E-state index contributed by atoms with van der Waals surface area (Å²) in [6.45, 7) is 0.345. The van der Waals surface area contributed by atoms with Crippen LogP contribution in [0.15, 0.2) is 0 Å². The number of β-amino-alcohol motifs (C(OH)–C–C–N with tert-alkyl or cyclic N) is 1. The minimum atomic E-state index is -3.67. The average molecular weight is 262 g/mol. The fraction of sp³-hybridized carbons (Fsp3) is 0.900. The van der Waals surface area contributed by atoms with Crippen LogP contribution in [0.1, 0.15) is 32.1 Å². The van der Waals surface area contributed by atoms with Crippen LogP contribution in [-0.2, 0) is 14.8 Å². The summed E-state index contributed by atoms with van der Waals surface area (Å²) in [5, 5.41) is 14.4. The highest BCUT2D eigenvalue weighted by Crippen LogP contribution is 2.31. The highest BCUT2D eigenvalue weighted by Gasteiger charge is 2.41. The van der Waals surface area contributed by atoms with Crippen LogP contribution in [-0.4, -0.2) is 48.3 Å². The van der Waals surface area contributed by atoms with Crippen LogP contribution >= 0.6 is 0 Å². The average Bonchev–Trinajstić information content (AvgIpc) is 2.74. The molecule has 3 N–H and O–H groups in total. The summed E-state index contributed by atoms with van der Waals surface area (Å²) in [5.41, 5.74) is -0.830. The molecule has 0 radical (unpaired) electrons. The van der Waals surface area contributed by atoms with E-state index in [4.69, 9.17) is 5.14 Å². The molecule has 1 aliphatic heterocycles. The number of rotatable bonds is 3. The second kappa shape index (κ2) is 4.22. The zero-order valence-corrected chi connectivity index (χ0v) is 10.4. The van der Waals surface area contributed by atoms with Crippen LogP contribution in [0.5, 0.6) is 0 Å². The summed E-state index contributed by atoms with van der Waals surface area (Å²) in [4.78, 5) is 13.1. The van der Waals surface area contributed by atoms with E-state index in [2.05, 4.69) is 0 Å². The molecule has 1 amide bonds. The second-order valence-corrected chi connectivity index (χ2v) is 6.97. The Morgan fingerprint density at radius 1 is 1.41 bits per heavy atom. The van der Waals surface area contributed by atoms with Gasteiger partial charge in [-0.2, -0.15) is 0 Å². The molecule has 2 aliphatic rings. The molecule has 1 saturated heterocycles. The molecular weight excluding hydrogens is 244 g/mol. The van der Waals surface area contributed by atoms with Gasteiger partial charge in [0, 0.05) is 19.5 Å². The van der Waals surface area contributed by atoms with Crippen molar-refractivity contribution in [1.82, 2.24) is 4.90 Å². The number of nitrogens with zero attached hydrogens (tertiary/aromatic N) is 1. The molecule has 1 heterocycles. The summed E-state index contributed by atoms with van der Waals surface area (Å²) in [5.74, 6) is -0.232. The molecular formula is C10H18N2O4S. The van der Waals surface area contributed by atoms with Gasteiger partial charge in [-0.25, -0.2) is 13.6 Å². The topological polar surface area (TPSA) is 101 Å². The number of sulfonamides is 1. The third kappa shape index (κ3) is 2.78. The van der Waals surface area contributed by atoms with Crippen molar-refractivity contribution in [3.63, 3.8) is 0 Å². The van der Waals surface area contributed by atoms with Gasteiger partial charge in [0.25, 0.3) is 0 Å². The van der Waals surface area contributed by atoms with Crippen molar-refractivity contribution in [2.45, 2.75) is 43.0 Å². The summed E-state index contributed by atoms with van der Waals surface area (Å²) in [7, 11) is -3.67. The van der Waals surface area contributed by atoms with Gasteiger partial charge in [0.05, 0.1) is 5.60 Å². The number of amides is 1. The number of likely N-dealkylation sites (tertiary alicyclic amines) is 1. The molecule has 1 aliphatic carbocycles. The summed E-state index contributed by atoms with van der Waals surface area (Å²) >= 11 is 0. The Labute approximate surface area is 101 Å². The van der Waals surface area contributed by atoms with E-state index >= 15 is 0 Å². The smallest absolute Gasteiger partial charge is 0.224 e. The quantitative estimate of drug-likeness (QED) is 0.694. The van der Waals surface area contributed by atoms with E-state index < -0.39 is 20.9 Å². The van der Waals surface area contributed by atoms with Gasteiger partial charge in [-0.3, -0.25) is 4.79 Å². The first kappa shape index (κ1) is 12.8. The molecule has 1 saturated carbocycles. The van der Waals surface area contributed by atoms with E-state index in [-0.39, 0.29) is 25.4 Å². The number of aliphatic hydroxyl groups is 1. The Bertz CT molecular complexity index is 414. The van der Waals surface area contributed by atoms with Crippen LogP contribution in [0.25, 0.3) is 0 Å². The molecule has 0 bridgehead atoms. The predicted molar refractivity (Wildman–Crippen MR) is 61.5 cm³/mol. The van der Waals surface area contributed by atoms with Gasteiger partial charge < -0.3 is 10.0 Å². The van der Waals surface area contributed by atoms with Gasteiger partial charge in [-0.15, -0.1) is 0 Å². The highest BCUT2D eigenvalue weighted by molar-refractivity contribution is 7.89. The van der Waals surface area contributed by atoms with E-state index in [9.17, 15) is 18.3 Å². The van der Waals surface area contributed by atoms with Crippen molar-refractivity contribution in [3.8, 4) is 0 Å². The minimum absolute atomic E-state index is 0.0606. The monoisotopic (exact) mass is 262 g/mol. The Kier molecular flexibility index (Phi) is 3.17. The maximum absolute atomic E-state index is 11.7. The Balaban J connectivity index is 2.01. The standard InChI is InChI=1S/C10H18N2O4S/c11-17(15,16)8-5-9(13)12(6-8)7-10(14)3-1-2-4-10/h8,14H,1-7H2,(H2,11,15,16). The first-order chi connectivity index (χ1) is 7.80. The SMILES string of the molecule is NS(=O)(=O)C1CC(=O)N(CC2(O)CCCC2)C1. The summed E-state index contributed by atoms with van der Waals surface area (Å²) < 4.78 is 22.4. The lowest BCUT2D eigenvalue weighted by atomic mass is 10.0. The maximum atomic E-state index is 11.7. The van der Waals surface area contributed by atoms with Crippen molar-refractivity contribution in [2.75, 3.05) is 13.1 Å². The van der Waals surface area contributed by atoms with Gasteiger partial charge in [0.1, 0.15) is 5.25 Å². The fourth-order valence-corrected chi connectivity index (χ4v) is 3.42. The van der Waals surface area contributed by atoms with E-state index in [1.807, 2.05) is 0 Å². The molecule has 6 nitrogen and oxygen atoms in total. The molecule has 98 valence electrons. The van der Waals surface area contributed by atoms with Crippen molar-refractivity contribution < 1.29 is 18.3 Å². The Morgan fingerprint density at radius 3 is 2.47 bits per heavy atom. The summed E-state index contributed by atoms with van der Waals surface area (Å²) in [6.07, 6.45) is 3.21. The zero-order valence-electron chi connectivity index (χ0n) is 9.63. The van der Waals surface area contributed by atoms with Crippen molar-refractivity contribution in [3.05, 3.63) is 0 Å². The van der Waals surface area contributed by atoms with E-state index in [1.54, 1.807) is 0 Å². The van der Waals surface area contributed by atoms with E-state index in [0.29, 0.717) is 12.8 Å². The number of primary sulfonamides is 1. The Morgan fingerprint density at radius 2 is 2.00 bits per heavy atom. The van der Waals surface area contributed by atoms with Gasteiger partial charge in [0.15, 0.2) is 0 Å². The van der Waals surface area contributed by atoms with Crippen LogP contribution < -0.4 is 5.14 Å². The highest BCUT2D eigenvalue weighted by atomic mass is 32.2. The number of hydrogen-bond acceptors (Lipinski definition) is 4. The first-order valence-electron chi connectivity index (χ1n) is 5.82. The molecule has 17 heavy (non-hydrogen) atoms. The zero-order chi connectivity index (χ0) is 12.7. The normalized spacial score (nSPS) is 28.9. The van der Waals surface area contributed by atoms with Crippen LogP contribution in [0.2, 0.25) is 0 Å². The molecule has 0 spiro atoms. The van der Waals surface area contributed by atoms with Crippen LogP contribution in [0.3, 0.4) is 0 Å². The molecule has 1 unspecified atom stereocenters. The molecule has 0 aromatic heterocycles. The predicted octanol–water partition coefficient (Wildman–Crippen LogP) is -0.819. The number of nitrogens with two attached hydrogens (primary N) is 1. The van der Waals surface area contributed by atoms with Crippen molar-refractivity contribution >= 4 is 15.9 Å². The second-order valence-electron chi connectivity index (χ2n) is 5.12. The third-order valence-electron chi connectivity index (χ3n) is 3.66. The van der Waals surface area contributed by atoms with E-state index in [0.717, 1.165) is 12.8 Å². The molecule has 2 rings (SSSR count). The lowest BCUT2D eigenvalue weighted by molar-refractivity contribution is -0.130. The maximum Gasteiger partial charge on any atom is 0.224 e. The lowest BCUT2D eigenvalue weighted by Gasteiger charge is -2.28. The van der Waals surface area contributed by atoms with Gasteiger partial charge in [-0.05, 0) is 12.8 Å². The van der Waals surface area contributed by atoms with Crippen LogP contribution in [0.4, 0.5) is 0 Å². The van der Waals surface area contributed by atoms with Gasteiger partial charge in [-0.1, -0.05) is 12.8 Å². The molecule has 0 aromatic rings. The number of hydrogen-bond donors (Lipinski definition) is 2. The van der Waals surface area contributed by atoms with E-state index in [1.165, 1.54) is 4.90 Å². The molecule has 7 heteroatoms. The largest absolute Gasteiger partial charge is 0.388 e. The van der Waals surface area contributed by atoms with Gasteiger partial charge >= 0.3 is 0 Å². The first-order valence-corrected chi connectivity index (χ1v) is 7.43. The molecule has 0 aromatic carbocycles. The lowest BCUT2D eigenvalue weighted by Crippen LogP contribution is -2.42. The Hall–Kier alpha value is -0.660. The van der Waals surface area contributed by atoms with Crippen molar-refractivity contribution in [1.29, 1.82) is 0 Å². The third-order valence-corrected chi connectivity index (χ3v) is 4.91. The summed E-state index contributed by atoms with van der Waals surface area (Å²) in [6, 6.07) is 0. The van der Waals surface area contributed by atoms with Crippen LogP contribution in [0, 0.1) is 0 Å². The number of carbonyl (C=O) groups is 1. The molecule has 2 fully saturated rings. The van der Waals surface area contributed by atoms with Gasteiger partial charge in [0.2, 0.25) is 15.9 Å². The minimum Gasteiger partial charge on any atom is -0.388 e. The molecule has 1 atom stereocenters. The fourth-order valence-electron chi connectivity index (χ4n) is 2.66. The van der Waals surface area contributed by atoms with Crippen molar-refractivity contribution in [2.24, 2.45) is 5.14 Å². The number of carbonyl (C=O) groups excluding carboxylic acids is 1.